The number of ether oxygens (including phenoxy) is 2. The number of nitrogens with zero attached hydrogens (tertiary/aromatic N) is 2. The summed E-state index contributed by atoms with van der Waals surface area (Å²) in [6.45, 7) is 2.30. The molecule has 2 aromatic rings. The molecule has 2 N–H and O–H groups in total. The van der Waals surface area contributed by atoms with Crippen molar-refractivity contribution in [2.24, 2.45) is 5.73 Å². The van der Waals surface area contributed by atoms with Crippen molar-refractivity contribution in [2.75, 3.05) is 14.2 Å². The molecule has 1 aromatic heterocycles. The first kappa shape index (κ1) is 20.5. The zero-order valence-electron chi connectivity index (χ0n) is 17.8. The Morgan fingerprint density at radius 3 is 2.57 bits per heavy atom. The van der Waals surface area contributed by atoms with Crippen LogP contribution in [-0.4, -0.2) is 47.7 Å². The summed E-state index contributed by atoms with van der Waals surface area (Å²) in [5.41, 5.74) is 7.97. The van der Waals surface area contributed by atoms with Crippen molar-refractivity contribution in [2.45, 2.75) is 57.3 Å². The van der Waals surface area contributed by atoms with Gasteiger partial charge in [0.25, 0.3) is 11.5 Å². The number of rotatable bonds is 6. The second kappa shape index (κ2) is 8.14. The molecule has 3 atom stereocenters. The highest BCUT2D eigenvalue weighted by Gasteiger charge is 2.47. The highest BCUT2D eigenvalue weighted by molar-refractivity contribution is 5.96. The molecule has 2 bridgehead atoms. The van der Waals surface area contributed by atoms with E-state index < -0.39 is 0 Å². The first-order valence-electron chi connectivity index (χ1n) is 10.4. The van der Waals surface area contributed by atoms with Crippen molar-refractivity contribution >= 4 is 5.91 Å². The van der Waals surface area contributed by atoms with Crippen LogP contribution in [0.5, 0.6) is 11.5 Å². The van der Waals surface area contributed by atoms with E-state index in [4.69, 9.17) is 15.2 Å². The van der Waals surface area contributed by atoms with Gasteiger partial charge >= 0.3 is 0 Å². The average Bonchev–Trinajstić information content (AvgIpc) is 3.29. The first-order valence-corrected chi connectivity index (χ1v) is 10.4. The Morgan fingerprint density at radius 2 is 1.93 bits per heavy atom. The van der Waals surface area contributed by atoms with Gasteiger partial charge in [-0.3, -0.25) is 9.59 Å². The highest BCUT2D eigenvalue weighted by atomic mass is 16.5. The van der Waals surface area contributed by atoms with E-state index in [-0.39, 0.29) is 35.2 Å². The predicted octanol–water partition coefficient (Wildman–Crippen LogP) is 2.12. The third-order valence-electron chi connectivity index (χ3n) is 6.50. The standard InChI is InChI=1S/C23H29N3O4/c1-14-8-10-25(11-9-15-4-7-19(29-2)20(12-15)30-3)22(27)21(14)23(28)26-16-5-6-18(26)17(24)13-16/h4,7-8,10,12,16-18H,5-6,9,11,13,24H2,1-3H3/t16-,17-,18+/m1/s1. The van der Waals surface area contributed by atoms with Crippen LogP contribution < -0.4 is 20.8 Å². The lowest BCUT2D eigenvalue weighted by Crippen LogP contribution is -2.43. The summed E-state index contributed by atoms with van der Waals surface area (Å²) in [7, 11) is 3.20. The molecule has 1 amide bonds. The van der Waals surface area contributed by atoms with Crippen LogP contribution in [0.3, 0.4) is 0 Å². The summed E-state index contributed by atoms with van der Waals surface area (Å²) in [6.07, 6.45) is 5.13. The van der Waals surface area contributed by atoms with E-state index in [1.165, 1.54) is 0 Å². The van der Waals surface area contributed by atoms with E-state index in [1.807, 2.05) is 36.1 Å². The maximum atomic E-state index is 13.3. The maximum absolute atomic E-state index is 13.3. The summed E-state index contributed by atoms with van der Waals surface area (Å²) in [5, 5.41) is 0. The number of nitrogens with two attached hydrogens (primary N) is 1. The lowest BCUT2D eigenvalue weighted by Gasteiger charge is -2.24. The molecule has 7 heteroatoms. The Hall–Kier alpha value is -2.80. The van der Waals surface area contributed by atoms with Gasteiger partial charge < -0.3 is 24.7 Å². The minimum absolute atomic E-state index is 0.0176. The molecule has 0 spiro atoms. The van der Waals surface area contributed by atoms with Crippen molar-refractivity contribution in [3.63, 3.8) is 0 Å². The maximum Gasteiger partial charge on any atom is 0.263 e. The van der Waals surface area contributed by atoms with Gasteiger partial charge in [-0.2, -0.15) is 0 Å². The van der Waals surface area contributed by atoms with Crippen LogP contribution in [0.4, 0.5) is 0 Å². The van der Waals surface area contributed by atoms with Gasteiger partial charge in [-0.15, -0.1) is 0 Å². The molecule has 0 unspecified atom stereocenters. The van der Waals surface area contributed by atoms with Crippen LogP contribution in [0.1, 0.15) is 40.7 Å². The Balaban J connectivity index is 1.56. The Kier molecular flexibility index (Phi) is 5.56. The van der Waals surface area contributed by atoms with E-state index in [0.717, 1.165) is 24.8 Å². The van der Waals surface area contributed by atoms with E-state index >= 15 is 0 Å². The summed E-state index contributed by atoms with van der Waals surface area (Å²) in [5.74, 6) is 1.15. The Bertz CT molecular complexity index is 1020. The van der Waals surface area contributed by atoms with Gasteiger partial charge in [0.1, 0.15) is 5.56 Å². The monoisotopic (exact) mass is 411 g/mol. The van der Waals surface area contributed by atoms with Gasteiger partial charge in [-0.25, -0.2) is 0 Å². The molecule has 2 fully saturated rings. The normalized spacial score (nSPS) is 22.4. The lowest BCUT2D eigenvalue weighted by molar-refractivity contribution is 0.0723. The van der Waals surface area contributed by atoms with Crippen molar-refractivity contribution < 1.29 is 14.3 Å². The first-order chi connectivity index (χ1) is 14.4. The van der Waals surface area contributed by atoms with Gasteiger partial charge in [0.05, 0.1) is 14.2 Å². The zero-order valence-corrected chi connectivity index (χ0v) is 17.8. The summed E-state index contributed by atoms with van der Waals surface area (Å²) in [6, 6.07) is 7.81. The third-order valence-corrected chi connectivity index (χ3v) is 6.50. The highest BCUT2D eigenvalue weighted by Crippen LogP contribution is 2.37. The molecule has 2 aliphatic rings. The number of hydrogen-bond donors (Lipinski definition) is 1. The fraction of sp³-hybridized carbons (Fsp3) is 0.478. The van der Waals surface area contributed by atoms with Crippen LogP contribution >= 0.6 is 0 Å². The Morgan fingerprint density at radius 1 is 1.17 bits per heavy atom. The molecule has 30 heavy (non-hydrogen) atoms. The number of pyridine rings is 1. The minimum atomic E-state index is -0.236. The summed E-state index contributed by atoms with van der Waals surface area (Å²) >= 11 is 0. The van der Waals surface area contributed by atoms with Crippen LogP contribution in [0.15, 0.2) is 35.3 Å². The molecule has 0 aliphatic carbocycles. The molecular formula is C23H29N3O4. The number of amides is 1. The van der Waals surface area contributed by atoms with E-state index in [9.17, 15) is 9.59 Å². The van der Waals surface area contributed by atoms with E-state index in [2.05, 4.69) is 0 Å². The third kappa shape index (κ3) is 3.47. The van der Waals surface area contributed by atoms with Crippen molar-refractivity contribution in [1.82, 2.24) is 9.47 Å². The quantitative estimate of drug-likeness (QED) is 0.787. The SMILES string of the molecule is COc1ccc(CCn2ccc(C)c(C(=O)N3[C@@H]4CC[C@H]3[C@H](N)C4)c2=O)cc1OC. The summed E-state index contributed by atoms with van der Waals surface area (Å²) in [4.78, 5) is 28.4. The Labute approximate surface area is 176 Å². The fourth-order valence-electron chi connectivity index (χ4n) is 4.87. The molecule has 0 saturated carbocycles. The number of carbonyl (C=O) groups is 1. The number of benzene rings is 1. The molecule has 0 radical (unpaired) electrons. The molecule has 7 nitrogen and oxygen atoms in total. The summed E-state index contributed by atoms with van der Waals surface area (Å²) < 4.78 is 12.3. The molecule has 4 rings (SSSR count). The van der Waals surface area contributed by atoms with Crippen molar-refractivity contribution in [3.8, 4) is 11.5 Å². The van der Waals surface area contributed by atoms with Gasteiger partial charge in [0.15, 0.2) is 11.5 Å². The molecular weight excluding hydrogens is 382 g/mol. The molecule has 3 heterocycles. The fourth-order valence-corrected chi connectivity index (χ4v) is 4.87. The second-order valence-electron chi connectivity index (χ2n) is 8.22. The molecule has 2 aliphatic heterocycles. The number of carbonyl (C=O) groups excluding carboxylic acids is 1. The molecule has 2 saturated heterocycles. The number of hydrogen-bond acceptors (Lipinski definition) is 5. The number of methoxy groups -OCH3 is 2. The van der Waals surface area contributed by atoms with Crippen LogP contribution in [0.2, 0.25) is 0 Å². The lowest BCUT2D eigenvalue weighted by atomic mass is 9.96. The van der Waals surface area contributed by atoms with E-state index in [0.29, 0.717) is 30.0 Å². The second-order valence-corrected chi connectivity index (χ2v) is 8.22. The van der Waals surface area contributed by atoms with Gasteiger partial charge in [-0.05, 0) is 61.9 Å². The smallest absolute Gasteiger partial charge is 0.263 e. The van der Waals surface area contributed by atoms with Gasteiger partial charge in [0.2, 0.25) is 0 Å². The van der Waals surface area contributed by atoms with Crippen LogP contribution in [0, 0.1) is 6.92 Å². The number of fused-ring (bicyclic) bond motifs is 2. The zero-order chi connectivity index (χ0) is 21.4. The van der Waals surface area contributed by atoms with Crippen molar-refractivity contribution in [1.29, 1.82) is 0 Å². The van der Waals surface area contributed by atoms with Crippen molar-refractivity contribution in [3.05, 3.63) is 57.5 Å². The van der Waals surface area contributed by atoms with Gasteiger partial charge in [0, 0.05) is 30.9 Å². The van der Waals surface area contributed by atoms with E-state index in [1.54, 1.807) is 25.0 Å². The van der Waals surface area contributed by atoms with Crippen LogP contribution in [0.25, 0.3) is 0 Å². The minimum Gasteiger partial charge on any atom is -0.493 e. The largest absolute Gasteiger partial charge is 0.493 e. The average molecular weight is 412 g/mol. The number of aromatic nitrogens is 1. The topological polar surface area (TPSA) is 86.8 Å². The van der Waals surface area contributed by atoms with Crippen LogP contribution in [-0.2, 0) is 13.0 Å². The van der Waals surface area contributed by atoms with Gasteiger partial charge in [-0.1, -0.05) is 6.07 Å². The number of aryl methyl sites for hydroxylation is 3. The predicted molar refractivity (Wildman–Crippen MR) is 114 cm³/mol. The molecule has 160 valence electrons. The molecule has 1 aromatic carbocycles.